The van der Waals surface area contributed by atoms with Crippen molar-refractivity contribution in [1.29, 1.82) is 0 Å². The van der Waals surface area contributed by atoms with E-state index in [1.165, 1.54) is 55.6 Å². The molecule has 0 atom stereocenters. The van der Waals surface area contributed by atoms with E-state index < -0.39 is 6.36 Å². The highest BCUT2D eigenvalue weighted by Crippen LogP contribution is 2.35. The molecular weight excluding hydrogens is 487 g/mol. The highest BCUT2D eigenvalue weighted by molar-refractivity contribution is 7.13. The number of ether oxygens (including phenoxy) is 1. The molecule has 36 heavy (non-hydrogen) atoms. The van der Waals surface area contributed by atoms with Crippen molar-refractivity contribution in [2.24, 2.45) is 5.92 Å². The lowest BCUT2D eigenvalue weighted by Gasteiger charge is -2.24. The van der Waals surface area contributed by atoms with Crippen LogP contribution in [0.3, 0.4) is 0 Å². The Labute approximate surface area is 213 Å². The lowest BCUT2D eigenvalue weighted by atomic mass is 9.89. The van der Waals surface area contributed by atoms with Crippen LogP contribution in [0.5, 0.6) is 5.75 Å². The Hall–Kier alpha value is -2.81. The standard InChI is InChI=1S/C27H32F3N3O2S/c1-3-4-14-31-25(34)22-15-24(33(18(22)2)16-19-8-6-5-7-9-19)23-17-36-26(32-23)20-10-12-21(13-11-20)35-27(28,29)30/h10-13,15,17,19H,3-9,14,16H2,1-2H3,(H,31,34). The molecule has 0 spiro atoms. The fourth-order valence-corrected chi connectivity index (χ4v) is 5.57. The van der Waals surface area contributed by atoms with Crippen LogP contribution in [-0.2, 0) is 6.54 Å². The fourth-order valence-electron chi connectivity index (χ4n) is 4.75. The maximum absolute atomic E-state index is 13.0. The van der Waals surface area contributed by atoms with E-state index in [9.17, 15) is 18.0 Å². The monoisotopic (exact) mass is 519 g/mol. The van der Waals surface area contributed by atoms with E-state index in [0.29, 0.717) is 28.6 Å². The van der Waals surface area contributed by atoms with Gasteiger partial charge >= 0.3 is 6.36 Å². The van der Waals surface area contributed by atoms with E-state index >= 15 is 0 Å². The number of thiazole rings is 1. The van der Waals surface area contributed by atoms with E-state index in [1.54, 1.807) is 12.1 Å². The summed E-state index contributed by atoms with van der Waals surface area (Å²) < 4.78 is 43.6. The van der Waals surface area contributed by atoms with Gasteiger partial charge in [0.25, 0.3) is 5.91 Å². The molecule has 1 fully saturated rings. The van der Waals surface area contributed by atoms with E-state index in [0.717, 1.165) is 36.5 Å². The van der Waals surface area contributed by atoms with E-state index in [-0.39, 0.29) is 11.7 Å². The molecule has 3 aromatic rings. The molecule has 0 saturated heterocycles. The van der Waals surface area contributed by atoms with Gasteiger partial charge in [-0.1, -0.05) is 32.6 Å². The van der Waals surface area contributed by atoms with Crippen molar-refractivity contribution >= 4 is 17.2 Å². The van der Waals surface area contributed by atoms with Crippen molar-refractivity contribution in [3.8, 4) is 27.7 Å². The molecule has 2 aromatic heterocycles. The summed E-state index contributed by atoms with van der Waals surface area (Å²) in [4.78, 5) is 17.8. The van der Waals surface area contributed by atoms with Gasteiger partial charge in [0.2, 0.25) is 0 Å². The smallest absolute Gasteiger partial charge is 0.406 e. The second-order valence-corrected chi connectivity index (χ2v) is 10.2. The number of amides is 1. The van der Waals surface area contributed by atoms with Crippen LogP contribution in [0.2, 0.25) is 0 Å². The molecule has 5 nitrogen and oxygen atoms in total. The van der Waals surface area contributed by atoms with Crippen LogP contribution in [0.15, 0.2) is 35.7 Å². The van der Waals surface area contributed by atoms with Gasteiger partial charge in [-0.15, -0.1) is 24.5 Å². The molecule has 4 rings (SSSR count). The molecule has 1 saturated carbocycles. The number of hydrogen-bond acceptors (Lipinski definition) is 4. The number of aromatic nitrogens is 2. The van der Waals surface area contributed by atoms with Crippen molar-refractivity contribution in [2.45, 2.75) is 71.7 Å². The summed E-state index contributed by atoms with van der Waals surface area (Å²) in [6, 6.07) is 7.65. The molecule has 0 unspecified atom stereocenters. The number of carbonyl (C=O) groups is 1. The van der Waals surface area contributed by atoms with Crippen molar-refractivity contribution in [2.75, 3.05) is 6.54 Å². The number of alkyl halides is 3. The largest absolute Gasteiger partial charge is 0.573 e. The van der Waals surface area contributed by atoms with Gasteiger partial charge in [-0.05, 0) is 62.4 Å². The number of hydrogen-bond donors (Lipinski definition) is 1. The molecule has 0 bridgehead atoms. The highest BCUT2D eigenvalue weighted by atomic mass is 32.1. The predicted octanol–water partition coefficient (Wildman–Crippen LogP) is 7.60. The Morgan fingerprint density at radius 1 is 1.19 bits per heavy atom. The van der Waals surface area contributed by atoms with Crippen LogP contribution in [0.1, 0.15) is 67.9 Å². The van der Waals surface area contributed by atoms with Gasteiger partial charge in [-0.25, -0.2) is 4.98 Å². The van der Waals surface area contributed by atoms with E-state index in [4.69, 9.17) is 4.98 Å². The van der Waals surface area contributed by atoms with E-state index in [1.807, 2.05) is 18.4 Å². The second-order valence-electron chi connectivity index (χ2n) is 9.36. The number of nitrogens with zero attached hydrogens (tertiary/aromatic N) is 2. The van der Waals surface area contributed by atoms with Crippen molar-refractivity contribution in [3.05, 3.63) is 47.0 Å². The van der Waals surface area contributed by atoms with Crippen LogP contribution in [0.4, 0.5) is 13.2 Å². The zero-order chi connectivity index (χ0) is 25.7. The predicted molar refractivity (Wildman–Crippen MR) is 136 cm³/mol. The summed E-state index contributed by atoms with van der Waals surface area (Å²) in [5.41, 5.74) is 3.98. The second kappa shape index (κ2) is 11.5. The number of benzene rings is 1. The Morgan fingerprint density at radius 2 is 1.92 bits per heavy atom. The third-order valence-electron chi connectivity index (χ3n) is 6.69. The van der Waals surface area contributed by atoms with Gasteiger partial charge in [0.15, 0.2) is 0 Å². The average Bonchev–Trinajstić information content (AvgIpc) is 3.45. The molecule has 2 heterocycles. The third kappa shape index (κ3) is 6.49. The summed E-state index contributed by atoms with van der Waals surface area (Å²) >= 11 is 1.42. The van der Waals surface area contributed by atoms with Crippen molar-refractivity contribution < 1.29 is 22.7 Å². The zero-order valence-corrected chi connectivity index (χ0v) is 21.5. The molecule has 1 aliphatic carbocycles. The van der Waals surface area contributed by atoms with Crippen LogP contribution >= 0.6 is 11.3 Å². The first-order chi connectivity index (χ1) is 17.2. The van der Waals surface area contributed by atoms with Crippen LogP contribution in [-0.4, -0.2) is 28.4 Å². The number of nitrogens with one attached hydrogen (secondary N) is 1. The fraction of sp³-hybridized carbons (Fsp3) is 0.481. The molecule has 194 valence electrons. The highest BCUT2D eigenvalue weighted by Gasteiger charge is 2.31. The number of carbonyl (C=O) groups excluding carboxylic acids is 1. The summed E-state index contributed by atoms with van der Waals surface area (Å²) in [6.45, 7) is 5.58. The average molecular weight is 520 g/mol. The summed E-state index contributed by atoms with van der Waals surface area (Å²) in [6.07, 6.45) is 3.34. The lowest BCUT2D eigenvalue weighted by Crippen LogP contribution is -2.25. The summed E-state index contributed by atoms with van der Waals surface area (Å²) in [7, 11) is 0. The molecule has 1 aliphatic rings. The van der Waals surface area contributed by atoms with Crippen molar-refractivity contribution in [3.63, 3.8) is 0 Å². The normalized spacial score (nSPS) is 14.7. The molecule has 1 N–H and O–H groups in total. The Balaban J connectivity index is 1.62. The van der Waals surface area contributed by atoms with Crippen LogP contribution < -0.4 is 10.1 Å². The molecule has 1 aromatic carbocycles. The van der Waals surface area contributed by atoms with Gasteiger partial charge in [0.1, 0.15) is 10.8 Å². The molecule has 9 heteroatoms. The number of unbranched alkanes of at least 4 members (excludes halogenated alkanes) is 1. The van der Waals surface area contributed by atoms with Crippen LogP contribution in [0, 0.1) is 12.8 Å². The minimum atomic E-state index is -4.72. The van der Waals surface area contributed by atoms with Gasteiger partial charge < -0.3 is 14.6 Å². The topological polar surface area (TPSA) is 56.1 Å². The van der Waals surface area contributed by atoms with Crippen LogP contribution in [0.25, 0.3) is 22.0 Å². The molecular formula is C27H32F3N3O2S. The number of halogens is 3. The first kappa shape index (κ1) is 26.3. The maximum Gasteiger partial charge on any atom is 0.573 e. The maximum atomic E-state index is 13.0. The number of rotatable bonds is 9. The first-order valence-corrected chi connectivity index (χ1v) is 13.4. The Morgan fingerprint density at radius 3 is 2.58 bits per heavy atom. The quantitative estimate of drug-likeness (QED) is 0.296. The summed E-state index contributed by atoms with van der Waals surface area (Å²) in [5, 5.41) is 5.67. The first-order valence-electron chi connectivity index (χ1n) is 12.6. The third-order valence-corrected chi connectivity index (χ3v) is 7.59. The van der Waals surface area contributed by atoms with Gasteiger partial charge in [-0.2, -0.15) is 0 Å². The van der Waals surface area contributed by atoms with Gasteiger partial charge in [0, 0.05) is 29.7 Å². The molecule has 0 aliphatic heterocycles. The Bertz CT molecular complexity index is 1160. The lowest BCUT2D eigenvalue weighted by molar-refractivity contribution is -0.274. The van der Waals surface area contributed by atoms with Gasteiger partial charge in [-0.3, -0.25) is 4.79 Å². The zero-order valence-electron chi connectivity index (χ0n) is 20.7. The van der Waals surface area contributed by atoms with E-state index in [2.05, 4.69) is 21.5 Å². The molecule has 1 amide bonds. The van der Waals surface area contributed by atoms with Gasteiger partial charge in [0.05, 0.1) is 17.0 Å². The van der Waals surface area contributed by atoms with Crippen molar-refractivity contribution in [1.82, 2.24) is 14.9 Å². The SMILES string of the molecule is CCCCNC(=O)c1cc(-c2csc(-c3ccc(OC(F)(F)F)cc3)n2)n(CC2CCCCC2)c1C. The molecule has 0 radical (unpaired) electrons. The minimum absolute atomic E-state index is 0.0692. The summed E-state index contributed by atoms with van der Waals surface area (Å²) in [5.74, 6) is 0.234. The Kier molecular flexibility index (Phi) is 8.39. The minimum Gasteiger partial charge on any atom is -0.406 e.